The van der Waals surface area contributed by atoms with Crippen molar-refractivity contribution in [2.75, 3.05) is 12.4 Å². The average Bonchev–Trinajstić information content (AvgIpc) is 2.45. The van der Waals surface area contributed by atoms with E-state index in [1.165, 1.54) is 14.0 Å². The third-order valence-corrected chi connectivity index (χ3v) is 3.05. The normalized spacial score (nSPS) is 11.7. The highest BCUT2D eigenvalue weighted by Crippen LogP contribution is 2.11. The van der Waals surface area contributed by atoms with Crippen LogP contribution in [0, 0.1) is 5.92 Å². The Balaban J connectivity index is 2.66. The molecule has 1 aromatic carbocycles. The van der Waals surface area contributed by atoms with Crippen LogP contribution in [0.25, 0.3) is 0 Å². The first-order valence-corrected chi connectivity index (χ1v) is 7.09. The van der Waals surface area contributed by atoms with Gasteiger partial charge in [-0.3, -0.25) is 4.79 Å². The fraction of sp³-hybridized carbons (Fsp3) is 0.438. The fourth-order valence-electron chi connectivity index (χ4n) is 1.94. The summed E-state index contributed by atoms with van der Waals surface area (Å²) >= 11 is 0. The average molecular weight is 306 g/mol. The van der Waals surface area contributed by atoms with Crippen molar-refractivity contribution < 1.29 is 19.1 Å². The summed E-state index contributed by atoms with van der Waals surface area (Å²) in [5.74, 6) is -0.284. The molecule has 0 radical (unpaired) electrons. The van der Waals surface area contributed by atoms with Crippen molar-refractivity contribution in [2.45, 2.75) is 33.2 Å². The molecule has 22 heavy (non-hydrogen) atoms. The number of carbonyl (C=O) groups excluding carboxylic acids is 3. The second kappa shape index (κ2) is 8.17. The van der Waals surface area contributed by atoms with Crippen LogP contribution in [0.1, 0.15) is 37.6 Å². The maximum Gasteiger partial charge on any atom is 0.328 e. The lowest BCUT2D eigenvalue weighted by atomic mass is 10.0. The van der Waals surface area contributed by atoms with Crippen LogP contribution in [0.2, 0.25) is 0 Å². The number of hydrogen-bond donors (Lipinski definition) is 2. The summed E-state index contributed by atoms with van der Waals surface area (Å²) in [7, 11) is 1.29. The van der Waals surface area contributed by atoms with Gasteiger partial charge in [-0.25, -0.2) is 9.59 Å². The number of rotatable bonds is 6. The number of benzene rings is 1. The SMILES string of the molecule is COC(=O)C(CC(C)C)NC(=O)Nc1ccc(C(C)=O)cc1. The van der Waals surface area contributed by atoms with E-state index in [1.807, 2.05) is 13.8 Å². The maximum atomic E-state index is 11.9. The number of hydrogen-bond acceptors (Lipinski definition) is 4. The molecule has 1 atom stereocenters. The van der Waals surface area contributed by atoms with Crippen LogP contribution in [0.3, 0.4) is 0 Å². The molecule has 0 spiro atoms. The van der Waals surface area contributed by atoms with Crippen molar-refractivity contribution in [3.8, 4) is 0 Å². The highest BCUT2D eigenvalue weighted by Gasteiger charge is 2.22. The standard InChI is InChI=1S/C16H22N2O4/c1-10(2)9-14(15(20)22-4)18-16(21)17-13-7-5-12(6-8-13)11(3)19/h5-8,10,14H,9H2,1-4H3,(H2,17,18,21). The van der Waals surface area contributed by atoms with E-state index in [9.17, 15) is 14.4 Å². The molecule has 0 aliphatic heterocycles. The number of anilines is 1. The van der Waals surface area contributed by atoms with Gasteiger partial charge in [0.05, 0.1) is 7.11 Å². The molecule has 1 aromatic rings. The monoisotopic (exact) mass is 306 g/mol. The third-order valence-electron chi connectivity index (χ3n) is 3.05. The summed E-state index contributed by atoms with van der Waals surface area (Å²) in [6, 6.07) is 5.33. The maximum absolute atomic E-state index is 11.9. The fourth-order valence-corrected chi connectivity index (χ4v) is 1.94. The Hall–Kier alpha value is -2.37. The number of Topliss-reactive ketones (excluding diaryl/α,β-unsaturated/α-hetero) is 1. The van der Waals surface area contributed by atoms with Crippen molar-refractivity contribution in [3.05, 3.63) is 29.8 Å². The number of amides is 2. The zero-order valence-corrected chi connectivity index (χ0v) is 13.3. The van der Waals surface area contributed by atoms with Gasteiger partial charge in [0.25, 0.3) is 0 Å². The van der Waals surface area contributed by atoms with Crippen LogP contribution in [0.5, 0.6) is 0 Å². The number of urea groups is 1. The smallest absolute Gasteiger partial charge is 0.328 e. The van der Waals surface area contributed by atoms with Crippen molar-refractivity contribution in [3.63, 3.8) is 0 Å². The van der Waals surface area contributed by atoms with Crippen molar-refractivity contribution in [2.24, 2.45) is 5.92 Å². The Morgan fingerprint density at radius 2 is 1.73 bits per heavy atom. The van der Waals surface area contributed by atoms with Crippen molar-refractivity contribution in [1.82, 2.24) is 5.32 Å². The first-order valence-electron chi connectivity index (χ1n) is 7.09. The van der Waals surface area contributed by atoms with Gasteiger partial charge in [0.2, 0.25) is 0 Å². The molecule has 1 rings (SSSR count). The molecule has 1 unspecified atom stereocenters. The summed E-state index contributed by atoms with van der Waals surface area (Å²) in [6.07, 6.45) is 0.489. The number of methoxy groups -OCH3 is 1. The molecule has 6 nitrogen and oxygen atoms in total. The van der Waals surface area contributed by atoms with Gasteiger partial charge in [0, 0.05) is 11.3 Å². The Morgan fingerprint density at radius 1 is 1.14 bits per heavy atom. The van der Waals surface area contributed by atoms with E-state index in [-0.39, 0.29) is 11.7 Å². The van der Waals surface area contributed by atoms with Crippen LogP contribution < -0.4 is 10.6 Å². The molecule has 2 amide bonds. The van der Waals surface area contributed by atoms with Crippen LogP contribution in [0.15, 0.2) is 24.3 Å². The highest BCUT2D eigenvalue weighted by atomic mass is 16.5. The quantitative estimate of drug-likeness (QED) is 0.625. The van der Waals surface area contributed by atoms with Crippen LogP contribution >= 0.6 is 0 Å². The van der Waals surface area contributed by atoms with Gasteiger partial charge in [-0.1, -0.05) is 13.8 Å². The first kappa shape index (κ1) is 17.7. The molecule has 0 bridgehead atoms. The largest absolute Gasteiger partial charge is 0.467 e. The summed E-state index contributed by atoms with van der Waals surface area (Å²) in [4.78, 5) is 34.8. The molecule has 0 heterocycles. The summed E-state index contributed by atoms with van der Waals surface area (Å²) in [5.41, 5.74) is 1.11. The van der Waals surface area contributed by atoms with E-state index in [4.69, 9.17) is 0 Å². The van der Waals surface area contributed by atoms with Gasteiger partial charge in [-0.05, 0) is 43.5 Å². The Kier molecular flexibility index (Phi) is 6.56. The molecule has 0 aliphatic rings. The van der Waals surface area contributed by atoms with Crippen LogP contribution in [0.4, 0.5) is 10.5 Å². The van der Waals surface area contributed by atoms with E-state index in [0.717, 1.165) is 0 Å². The number of ether oxygens (including phenoxy) is 1. The molecule has 0 saturated heterocycles. The van der Waals surface area contributed by atoms with Gasteiger partial charge in [0.1, 0.15) is 6.04 Å². The number of carbonyl (C=O) groups is 3. The van der Waals surface area contributed by atoms with E-state index >= 15 is 0 Å². The lowest BCUT2D eigenvalue weighted by Crippen LogP contribution is -2.44. The van der Waals surface area contributed by atoms with Crippen molar-refractivity contribution in [1.29, 1.82) is 0 Å². The Bertz CT molecular complexity index is 538. The Morgan fingerprint density at radius 3 is 2.18 bits per heavy atom. The summed E-state index contributed by atoms with van der Waals surface area (Å²) in [5, 5.41) is 5.21. The summed E-state index contributed by atoms with van der Waals surface area (Å²) < 4.78 is 4.69. The second-order valence-corrected chi connectivity index (χ2v) is 5.44. The zero-order chi connectivity index (χ0) is 16.7. The molecule has 0 saturated carbocycles. The molecule has 0 aliphatic carbocycles. The molecule has 2 N–H and O–H groups in total. The molecule has 120 valence electrons. The zero-order valence-electron chi connectivity index (χ0n) is 13.3. The topological polar surface area (TPSA) is 84.5 Å². The summed E-state index contributed by atoms with van der Waals surface area (Å²) in [6.45, 7) is 5.38. The predicted molar refractivity (Wildman–Crippen MR) is 83.9 cm³/mol. The molecular formula is C16H22N2O4. The third kappa shape index (κ3) is 5.55. The minimum atomic E-state index is -0.693. The minimum Gasteiger partial charge on any atom is -0.467 e. The molecule has 0 fully saturated rings. The van der Waals surface area contributed by atoms with Crippen LogP contribution in [-0.4, -0.2) is 30.9 Å². The molecule has 6 heteroatoms. The van der Waals surface area contributed by atoms with Gasteiger partial charge >= 0.3 is 12.0 Å². The van der Waals surface area contributed by atoms with E-state index in [1.54, 1.807) is 24.3 Å². The number of ketones is 1. The van der Waals surface area contributed by atoms with Gasteiger partial charge in [-0.2, -0.15) is 0 Å². The second-order valence-electron chi connectivity index (χ2n) is 5.44. The minimum absolute atomic E-state index is 0.0429. The molecular weight excluding hydrogens is 284 g/mol. The van der Waals surface area contributed by atoms with Crippen molar-refractivity contribution >= 4 is 23.5 Å². The first-order chi connectivity index (χ1) is 10.3. The van der Waals surface area contributed by atoms with E-state index in [2.05, 4.69) is 15.4 Å². The highest BCUT2D eigenvalue weighted by molar-refractivity contribution is 5.96. The van der Waals surface area contributed by atoms with E-state index < -0.39 is 18.0 Å². The van der Waals surface area contributed by atoms with Gasteiger partial charge < -0.3 is 15.4 Å². The lowest BCUT2D eigenvalue weighted by molar-refractivity contribution is -0.143. The number of esters is 1. The number of nitrogens with one attached hydrogen (secondary N) is 2. The molecule has 0 aromatic heterocycles. The lowest BCUT2D eigenvalue weighted by Gasteiger charge is -2.18. The van der Waals surface area contributed by atoms with E-state index in [0.29, 0.717) is 17.7 Å². The predicted octanol–water partition coefficient (Wildman–Crippen LogP) is 2.60. The van der Waals surface area contributed by atoms with Gasteiger partial charge in [0.15, 0.2) is 5.78 Å². The Labute approximate surface area is 130 Å². The van der Waals surface area contributed by atoms with Gasteiger partial charge in [-0.15, -0.1) is 0 Å². The van der Waals surface area contributed by atoms with Crippen LogP contribution in [-0.2, 0) is 9.53 Å².